The summed E-state index contributed by atoms with van der Waals surface area (Å²) >= 11 is 0. The van der Waals surface area contributed by atoms with Crippen LogP contribution >= 0.6 is 0 Å². The van der Waals surface area contributed by atoms with E-state index in [2.05, 4.69) is 16.1 Å². The molecular formula is C11H20N2. The van der Waals surface area contributed by atoms with Gasteiger partial charge >= 0.3 is 0 Å². The van der Waals surface area contributed by atoms with Crippen LogP contribution in [0.4, 0.5) is 0 Å². The molecule has 0 spiro atoms. The van der Waals surface area contributed by atoms with Crippen LogP contribution in [-0.4, -0.2) is 30.4 Å². The van der Waals surface area contributed by atoms with E-state index in [0.29, 0.717) is 6.17 Å². The Labute approximate surface area is 81.0 Å². The first-order valence-corrected chi connectivity index (χ1v) is 5.72. The highest BCUT2D eigenvalue weighted by molar-refractivity contribution is 5.57. The number of nitrogens with zero attached hydrogens (tertiary/aromatic N) is 2. The van der Waals surface area contributed by atoms with Crippen LogP contribution in [0.3, 0.4) is 0 Å². The predicted molar refractivity (Wildman–Crippen MR) is 56.2 cm³/mol. The first-order valence-electron chi connectivity index (χ1n) is 5.72. The molecule has 74 valence electrons. The normalized spacial score (nSPS) is 34.0. The van der Waals surface area contributed by atoms with Gasteiger partial charge < -0.3 is 0 Å². The van der Waals surface area contributed by atoms with Crippen molar-refractivity contribution in [3.63, 3.8) is 0 Å². The van der Waals surface area contributed by atoms with Gasteiger partial charge in [-0.2, -0.15) is 0 Å². The van der Waals surface area contributed by atoms with Crippen LogP contribution in [-0.2, 0) is 0 Å². The fraction of sp³-hybridized carbons (Fsp3) is 0.909. The number of rotatable bonds is 0. The van der Waals surface area contributed by atoms with Gasteiger partial charge in [-0.1, -0.05) is 6.42 Å². The predicted octanol–water partition coefficient (Wildman–Crippen LogP) is 2.44. The summed E-state index contributed by atoms with van der Waals surface area (Å²) in [6.07, 6.45) is 12.0. The molecule has 2 nitrogen and oxygen atoms in total. The van der Waals surface area contributed by atoms with Crippen molar-refractivity contribution < 1.29 is 0 Å². The second kappa shape index (κ2) is 4.75. The molecule has 0 aromatic rings. The summed E-state index contributed by atoms with van der Waals surface area (Å²) < 4.78 is 0. The third kappa shape index (κ3) is 2.53. The Morgan fingerprint density at radius 1 is 1.00 bits per heavy atom. The Kier molecular flexibility index (Phi) is 3.36. The molecule has 0 aromatic carbocycles. The molecule has 1 saturated heterocycles. The Hall–Kier alpha value is -0.370. The highest BCUT2D eigenvalue weighted by atomic mass is 15.2. The van der Waals surface area contributed by atoms with Gasteiger partial charge in [0.2, 0.25) is 0 Å². The molecule has 0 aliphatic carbocycles. The summed E-state index contributed by atoms with van der Waals surface area (Å²) in [6, 6.07) is 0. The minimum absolute atomic E-state index is 0.534. The Bertz CT molecular complexity index is 177. The number of aliphatic imine (C=N–C) groups is 1. The lowest BCUT2D eigenvalue weighted by atomic mass is 10.1. The zero-order valence-electron chi connectivity index (χ0n) is 8.41. The summed E-state index contributed by atoms with van der Waals surface area (Å²) in [7, 11) is 0. The lowest BCUT2D eigenvalue weighted by Crippen LogP contribution is -2.38. The maximum atomic E-state index is 4.67. The Morgan fingerprint density at radius 2 is 1.85 bits per heavy atom. The van der Waals surface area contributed by atoms with Gasteiger partial charge in [-0.15, -0.1) is 0 Å². The van der Waals surface area contributed by atoms with E-state index >= 15 is 0 Å². The smallest absolute Gasteiger partial charge is 0.101 e. The number of piperidine rings is 1. The average Bonchev–Trinajstić information content (AvgIpc) is 2.28. The molecule has 0 aromatic heterocycles. The maximum Gasteiger partial charge on any atom is 0.101 e. The summed E-state index contributed by atoms with van der Waals surface area (Å²) in [6.45, 7) is 2.56. The van der Waals surface area contributed by atoms with Gasteiger partial charge in [-0.05, 0) is 38.5 Å². The van der Waals surface area contributed by atoms with Gasteiger partial charge in [0.15, 0.2) is 0 Å². The molecule has 0 bridgehead atoms. The van der Waals surface area contributed by atoms with Crippen molar-refractivity contribution >= 4 is 6.21 Å². The van der Waals surface area contributed by atoms with E-state index in [1.807, 2.05) is 0 Å². The third-order valence-electron chi connectivity index (χ3n) is 3.14. The fourth-order valence-electron chi connectivity index (χ4n) is 2.33. The first-order chi connectivity index (χ1) is 6.47. The van der Waals surface area contributed by atoms with Crippen LogP contribution in [0.25, 0.3) is 0 Å². The number of hydrogen-bond acceptors (Lipinski definition) is 2. The first kappa shape index (κ1) is 9.20. The average molecular weight is 180 g/mol. The van der Waals surface area contributed by atoms with Crippen molar-refractivity contribution in [2.24, 2.45) is 4.99 Å². The standard InChI is InChI=1S/C11H20N2/c1-2-5-9-13-10-6-3-7-11(13)12-8-4-1/h8,11H,1-7,9-10H2/b12-8-. The quantitative estimate of drug-likeness (QED) is 0.559. The van der Waals surface area contributed by atoms with Gasteiger partial charge in [0, 0.05) is 19.3 Å². The second-order valence-electron chi connectivity index (χ2n) is 4.19. The van der Waals surface area contributed by atoms with Crippen molar-refractivity contribution in [2.75, 3.05) is 13.1 Å². The van der Waals surface area contributed by atoms with Gasteiger partial charge in [-0.25, -0.2) is 0 Å². The van der Waals surface area contributed by atoms with E-state index < -0.39 is 0 Å². The van der Waals surface area contributed by atoms with Crippen LogP contribution in [0.2, 0.25) is 0 Å². The SMILES string of the molecule is C1=N\C2CCCCN2CCCCC/1. The van der Waals surface area contributed by atoms with E-state index in [-0.39, 0.29) is 0 Å². The fourth-order valence-corrected chi connectivity index (χ4v) is 2.33. The molecule has 2 aliphatic heterocycles. The van der Waals surface area contributed by atoms with Crippen molar-refractivity contribution in [2.45, 2.75) is 51.1 Å². The van der Waals surface area contributed by atoms with Crippen LogP contribution in [0.1, 0.15) is 44.9 Å². The van der Waals surface area contributed by atoms with Gasteiger partial charge in [0.25, 0.3) is 0 Å². The highest BCUT2D eigenvalue weighted by Gasteiger charge is 2.20. The summed E-state index contributed by atoms with van der Waals surface area (Å²) in [5.41, 5.74) is 0. The van der Waals surface area contributed by atoms with Crippen molar-refractivity contribution in [1.82, 2.24) is 4.90 Å². The molecule has 2 heteroatoms. The Morgan fingerprint density at radius 3 is 2.77 bits per heavy atom. The van der Waals surface area contributed by atoms with E-state index in [1.54, 1.807) is 0 Å². The molecule has 1 unspecified atom stereocenters. The van der Waals surface area contributed by atoms with Gasteiger partial charge in [-0.3, -0.25) is 9.89 Å². The van der Waals surface area contributed by atoms with Crippen LogP contribution < -0.4 is 0 Å². The van der Waals surface area contributed by atoms with Crippen LogP contribution in [0, 0.1) is 0 Å². The summed E-state index contributed by atoms with van der Waals surface area (Å²) in [4.78, 5) is 7.24. The highest BCUT2D eigenvalue weighted by Crippen LogP contribution is 2.19. The van der Waals surface area contributed by atoms with Gasteiger partial charge in [0.1, 0.15) is 6.17 Å². The monoisotopic (exact) mass is 180 g/mol. The Balaban J connectivity index is 1.97. The molecule has 2 aliphatic rings. The van der Waals surface area contributed by atoms with Crippen molar-refractivity contribution in [3.8, 4) is 0 Å². The zero-order valence-corrected chi connectivity index (χ0v) is 8.41. The van der Waals surface area contributed by atoms with Crippen molar-refractivity contribution in [1.29, 1.82) is 0 Å². The molecule has 0 N–H and O–H groups in total. The topological polar surface area (TPSA) is 15.6 Å². The number of fused-ring (bicyclic) bond motifs is 1. The molecule has 2 rings (SSSR count). The van der Waals surface area contributed by atoms with E-state index in [1.165, 1.54) is 58.0 Å². The minimum Gasteiger partial charge on any atom is -0.282 e. The molecule has 2 heterocycles. The summed E-state index contributed by atoms with van der Waals surface area (Å²) in [5, 5.41) is 0. The largest absolute Gasteiger partial charge is 0.282 e. The van der Waals surface area contributed by atoms with E-state index in [0.717, 1.165) is 0 Å². The lowest BCUT2D eigenvalue weighted by molar-refractivity contribution is 0.152. The van der Waals surface area contributed by atoms with E-state index in [9.17, 15) is 0 Å². The molecule has 1 atom stereocenters. The van der Waals surface area contributed by atoms with Crippen molar-refractivity contribution in [3.05, 3.63) is 0 Å². The second-order valence-corrected chi connectivity index (χ2v) is 4.19. The van der Waals surface area contributed by atoms with Gasteiger partial charge in [0.05, 0.1) is 0 Å². The maximum absolute atomic E-state index is 4.67. The third-order valence-corrected chi connectivity index (χ3v) is 3.14. The number of hydrogen-bond donors (Lipinski definition) is 0. The molecule has 0 saturated carbocycles. The minimum atomic E-state index is 0.534. The molecule has 0 amide bonds. The molecule has 1 fully saturated rings. The summed E-state index contributed by atoms with van der Waals surface area (Å²) in [5.74, 6) is 0. The zero-order chi connectivity index (χ0) is 8.93. The van der Waals surface area contributed by atoms with Crippen LogP contribution in [0.5, 0.6) is 0 Å². The molecular weight excluding hydrogens is 160 g/mol. The van der Waals surface area contributed by atoms with Crippen LogP contribution in [0.15, 0.2) is 4.99 Å². The van der Waals surface area contributed by atoms with E-state index in [4.69, 9.17) is 0 Å². The molecule has 0 radical (unpaired) electrons. The molecule has 13 heavy (non-hydrogen) atoms. The lowest BCUT2D eigenvalue weighted by Gasteiger charge is -2.32.